The normalized spacial score (nSPS) is 12.3. The molecule has 3 aromatic rings. The van der Waals surface area contributed by atoms with Gasteiger partial charge in [-0.1, -0.05) is 23.7 Å². The first-order chi connectivity index (χ1) is 10.1. The summed E-state index contributed by atoms with van der Waals surface area (Å²) in [6.07, 6.45) is 1.50. The van der Waals surface area contributed by atoms with Gasteiger partial charge in [-0.15, -0.1) is 0 Å². The summed E-state index contributed by atoms with van der Waals surface area (Å²) in [5.41, 5.74) is 2.09. The Morgan fingerprint density at radius 1 is 1.33 bits per heavy atom. The SMILES string of the molecule is CC(NC(=O)c1cc(Cl)ccn1)c1nc2ccccc2[nH]1. The molecule has 0 spiro atoms. The third-order valence-corrected chi connectivity index (χ3v) is 3.36. The molecule has 0 radical (unpaired) electrons. The van der Waals surface area contributed by atoms with Crippen LogP contribution in [0.4, 0.5) is 0 Å². The number of H-pyrrole nitrogens is 1. The molecule has 0 saturated carbocycles. The Hall–Kier alpha value is -2.40. The smallest absolute Gasteiger partial charge is 0.270 e. The zero-order valence-electron chi connectivity index (χ0n) is 11.3. The lowest BCUT2D eigenvalue weighted by molar-refractivity contribution is 0.0933. The van der Waals surface area contributed by atoms with Gasteiger partial charge in [0.15, 0.2) is 0 Å². The molecule has 1 amide bonds. The van der Waals surface area contributed by atoms with E-state index < -0.39 is 0 Å². The van der Waals surface area contributed by atoms with Crippen LogP contribution in [0.3, 0.4) is 0 Å². The van der Waals surface area contributed by atoms with E-state index in [1.807, 2.05) is 31.2 Å². The molecule has 0 saturated heterocycles. The molecule has 106 valence electrons. The van der Waals surface area contributed by atoms with Gasteiger partial charge in [-0.25, -0.2) is 4.98 Å². The number of pyridine rings is 1. The molecule has 6 heteroatoms. The third-order valence-electron chi connectivity index (χ3n) is 3.12. The third kappa shape index (κ3) is 2.87. The van der Waals surface area contributed by atoms with Crippen LogP contribution in [0, 0.1) is 0 Å². The van der Waals surface area contributed by atoms with Crippen molar-refractivity contribution in [2.24, 2.45) is 0 Å². The molecule has 1 aromatic carbocycles. The van der Waals surface area contributed by atoms with Crippen LogP contribution < -0.4 is 5.32 Å². The van der Waals surface area contributed by atoms with Crippen LogP contribution in [0.1, 0.15) is 29.3 Å². The lowest BCUT2D eigenvalue weighted by Gasteiger charge is -2.10. The minimum absolute atomic E-state index is 0.259. The number of nitrogens with zero attached hydrogens (tertiary/aromatic N) is 2. The van der Waals surface area contributed by atoms with Gasteiger partial charge < -0.3 is 10.3 Å². The van der Waals surface area contributed by atoms with Gasteiger partial charge in [-0.3, -0.25) is 9.78 Å². The van der Waals surface area contributed by atoms with Crippen LogP contribution in [-0.2, 0) is 0 Å². The average Bonchev–Trinajstić information content (AvgIpc) is 2.91. The van der Waals surface area contributed by atoms with Gasteiger partial charge in [0.05, 0.1) is 17.1 Å². The molecule has 0 aliphatic rings. The fourth-order valence-corrected chi connectivity index (χ4v) is 2.21. The number of halogens is 1. The highest BCUT2D eigenvalue weighted by Crippen LogP contribution is 2.16. The first kappa shape index (κ1) is 13.6. The number of para-hydroxylation sites is 2. The van der Waals surface area contributed by atoms with Crippen molar-refractivity contribution < 1.29 is 4.79 Å². The van der Waals surface area contributed by atoms with Crippen molar-refractivity contribution in [3.8, 4) is 0 Å². The Kier molecular flexibility index (Phi) is 3.58. The van der Waals surface area contributed by atoms with Crippen LogP contribution in [0.2, 0.25) is 5.02 Å². The summed E-state index contributed by atoms with van der Waals surface area (Å²) >= 11 is 5.86. The van der Waals surface area contributed by atoms with Gasteiger partial charge in [0, 0.05) is 11.2 Å². The monoisotopic (exact) mass is 300 g/mol. The Morgan fingerprint density at radius 3 is 2.90 bits per heavy atom. The van der Waals surface area contributed by atoms with Gasteiger partial charge in [0.25, 0.3) is 5.91 Å². The van der Waals surface area contributed by atoms with Gasteiger partial charge in [-0.05, 0) is 31.2 Å². The van der Waals surface area contributed by atoms with E-state index in [1.54, 1.807) is 6.07 Å². The molecule has 3 rings (SSSR count). The first-order valence-corrected chi connectivity index (χ1v) is 6.88. The number of carbonyl (C=O) groups is 1. The molecule has 2 N–H and O–H groups in total. The number of aromatic amines is 1. The van der Waals surface area contributed by atoms with Crippen molar-refractivity contribution >= 4 is 28.5 Å². The molecule has 0 aliphatic carbocycles. The number of hydrogen-bond acceptors (Lipinski definition) is 3. The molecule has 5 nitrogen and oxygen atoms in total. The summed E-state index contributed by atoms with van der Waals surface area (Å²) in [5.74, 6) is 0.414. The molecule has 2 heterocycles. The molecule has 0 fully saturated rings. The summed E-state index contributed by atoms with van der Waals surface area (Å²) in [6, 6.07) is 10.6. The molecule has 0 bridgehead atoms. The highest BCUT2D eigenvalue weighted by molar-refractivity contribution is 6.30. The van der Waals surface area contributed by atoms with Crippen molar-refractivity contribution in [2.75, 3.05) is 0 Å². The van der Waals surface area contributed by atoms with Gasteiger partial charge in [0.2, 0.25) is 0 Å². The topological polar surface area (TPSA) is 70.7 Å². The van der Waals surface area contributed by atoms with Crippen LogP contribution in [0.5, 0.6) is 0 Å². The zero-order chi connectivity index (χ0) is 14.8. The van der Waals surface area contributed by atoms with Crippen LogP contribution in [0.25, 0.3) is 11.0 Å². The van der Waals surface area contributed by atoms with E-state index in [2.05, 4.69) is 20.3 Å². The highest BCUT2D eigenvalue weighted by atomic mass is 35.5. The number of fused-ring (bicyclic) bond motifs is 1. The first-order valence-electron chi connectivity index (χ1n) is 6.50. The average molecular weight is 301 g/mol. The second-order valence-corrected chi connectivity index (χ2v) is 5.13. The number of amides is 1. The van der Waals surface area contributed by atoms with E-state index in [1.165, 1.54) is 12.3 Å². The largest absolute Gasteiger partial charge is 0.341 e. The molecular weight excluding hydrogens is 288 g/mol. The van der Waals surface area contributed by atoms with Crippen molar-refractivity contribution in [2.45, 2.75) is 13.0 Å². The summed E-state index contributed by atoms with van der Waals surface area (Å²) < 4.78 is 0. The van der Waals surface area contributed by atoms with E-state index >= 15 is 0 Å². The summed E-state index contributed by atoms with van der Waals surface area (Å²) in [5, 5.41) is 3.33. The van der Waals surface area contributed by atoms with E-state index in [0.29, 0.717) is 10.8 Å². The lowest BCUT2D eigenvalue weighted by Crippen LogP contribution is -2.28. The predicted octanol–water partition coefficient (Wildman–Crippen LogP) is 3.10. The fourth-order valence-electron chi connectivity index (χ4n) is 2.05. The zero-order valence-corrected chi connectivity index (χ0v) is 12.1. The number of imidazole rings is 1. The molecule has 21 heavy (non-hydrogen) atoms. The second-order valence-electron chi connectivity index (χ2n) is 4.69. The molecule has 2 aromatic heterocycles. The standard InChI is InChI=1S/C15H13ClN4O/c1-9(14-19-11-4-2-3-5-12(11)20-14)18-15(21)13-8-10(16)6-7-17-13/h2-9H,1H3,(H,18,21)(H,19,20). The van der Waals surface area contributed by atoms with E-state index in [4.69, 9.17) is 11.6 Å². The lowest BCUT2D eigenvalue weighted by atomic mass is 10.3. The second kappa shape index (κ2) is 5.54. The molecular formula is C15H13ClN4O. The maximum Gasteiger partial charge on any atom is 0.270 e. The van der Waals surface area contributed by atoms with Crippen LogP contribution in [-0.4, -0.2) is 20.9 Å². The summed E-state index contributed by atoms with van der Waals surface area (Å²) in [7, 11) is 0. The molecule has 1 atom stereocenters. The maximum atomic E-state index is 12.1. The van der Waals surface area contributed by atoms with Crippen LogP contribution >= 0.6 is 11.6 Å². The fraction of sp³-hybridized carbons (Fsp3) is 0.133. The Morgan fingerprint density at radius 2 is 2.14 bits per heavy atom. The summed E-state index contributed by atoms with van der Waals surface area (Å²) in [6.45, 7) is 1.86. The van der Waals surface area contributed by atoms with Crippen molar-refractivity contribution in [1.82, 2.24) is 20.3 Å². The molecule has 1 unspecified atom stereocenters. The van der Waals surface area contributed by atoms with E-state index in [0.717, 1.165) is 11.0 Å². The minimum atomic E-state index is -0.287. The predicted molar refractivity (Wildman–Crippen MR) is 81.2 cm³/mol. The Balaban J connectivity index is 1.79. The molecule has 0 aliphatic heterocycles. The highest BCUT2D eigenvalue weighted by Gasteiger charge is 2.15. The Labute approximate surface area is 126 Å². The quantitative estimate of drug-likeness (QED) is 0.781. The van der Waals surface area contributed by atoms with Gasteiger partial charge >= 0.3 is 0 Å². The summed E-state index contributed by atoms with van der Waals surface area (Å²) in [4.78, 5) is 23.8. The maximum absolute atomic E-state index is 12.1. The van der Waals surface area contributed by atoms with Crippen molar-refractivity contribution in [1.29, 1.82) is 0 Å². The van der Waals surface area contributed by atoms with Gasteiger partial charge in [-0.2, -0.15) is 0 Å². The number of hydrogen-bond donors (Lipinski definition) is 2. The number of aromatic nitrogens is 3. The number of nitrogens with one attached hydrogen (secondary N) is 2. The van der Waals surface area contributed by atoms with Crippen molar-refractivity contribution in [3.63, 3.8) is 0 Å². The van der Waals surface area contributed by atoms with Crippen LogP contribution in [0.15, 0.2) is 42.6 Å². The van der Waals surface area contributed by atoms with E-state index in [9.17, 15) is 4.79 Å². The van der Waals surface area contributed by atoms with E-state index in [-0.39, 0.29) is 17.6 Å². The van der Waals surface area contributed by atoms with Gasteiger partial charge in [0.1, 0.15) is 11.5 Å². The minimum Gasteiger partial charge on any atom is -0.341 e. The number of carbonyl (C=O) groups excluding carboxylic acids is 1. The Bertz CT molecular complexity index is 766. The van der Waals surface area contributed by atoms with Crippen molar-refractivity contribution in [3.05, 3.63) is 59.1 Å². The number of benzene rings is 1. The number of rotatable bonds is 3.